The Balaban J connectivity index is 2.16. The molecule has 1 heterocycles. The molecule has 0 amide bonds. The van der Waals surface area contributed by atoms with E-state index >= 15 is 0 Å². The molecule has 4 heteroatoms. The van der Waals surface area contributed by atoms with E-state index in [2.05, 4.69) is 24.0 Å². The number of nitrogens with zero attached hydrogens (tertiary/aromatic N) is 1. The van der Waals surface area contributed by atoms with E-state index in [9.17, 15) is 0 Å². The molecule has 0 spiro atoms. The first-order chi connectivity index (χ1) is 9.15. The van der Waals surface area contributed by atoms with Crippen LogP contribution in [0.4, 0.5) is 0 Å². The third-order valence-corrected chi connectivity index (χ3v) is 4.28. The van der Waals surface area contributed by atoms with E-state index in [1.54, 1.807) is 0 Å². The van der Waals surface area contributed by atoms with Crippen LogP contribution < -0.4 is 5.73 Å². The molecular formula is C15H23ClN2O. The maximum atomic E-state index is 6.23. The Morgan fingerprint density at radius 1 is 1.53 bits per heavy atom. The second-order valence-corrected chi connectivity index (χ2v) is 5.56. The van der Waals surface area contributed by atoms with E-state index in [-0.39, 0.29) is 6.04 Å². The third-order valence-electron chi connectivity index (χ3n) is 3.87. The van der Waals surface area contributed by atoms with Gasteiger partial charge in [0.25, 0.3) is 0 Å². The number of hydrogen-bond donors (Lipinski definition) is 1. The normalized spacial score (nSPS) is 22.4. The molecule has 0 aliphatic carbocycles. The van der Waals surface area contributed by atoms with Crippen LogP contribution in [-0.2, 0) is 4.74 Å². The van der Waals surface area contributed by atoms with Crippen molar-refractivity contribution < 1.29 is 4.74 Å². The van der Waals surface area contributed by atoms with Gasteiger partial charge in [-0.2, -0.15) is 0 Å². The van der Waals surface area contributed by atoms with E-state index in [0.29, 0.717) is 12.6 Å². The SMILES string of the molecule is CCC1CN(C(CN)c2ccc(C)c(Cl)c2)CCO1. The van der Waals surface area contributed by atoms with Crippen molar-refractivity contribution in [1.82, 2.24) is 4.90 Å². The van der Waals surface area contributed by atoms with Gasteiger partial charge in [0.15, 0.2) is 0 Å². The fourth-order valence-corrected chi connectivity index (χ4v) is 2.77. The molecule has 1 aliphatic rings. The molecule has 2 atom stereocenters. The van der Waals surface area contributed by atoms with Crippen LogP contribution in [0.3, 0.4) is 0 Å². The predicted molar refractivity (Wildman–Crippen MR) is 79.6 cm³/mol. The summed E-state index contributed by atoms with van der Waals surface area (Å²) in [5.74, 6) is 0. The number of hydrogen-bond acceptors (Lipinski definition) is 3. The molecule has 0 radical (unpaired) electrons. The van der Waals surface area contributed by atoms with Crippen LogP contribution in [0.2, 0.25) is 5.02 Å². The number of morpholine rings is 1. The molecule has 2 rings (SSSR count). The van der Waals surface area contributed by atoms with E-state index in [4.69, 9.17) is 22.1 Å². The molecule has 1 aromatic rings. The summed E-state index contributed by atoms with van der Waals surface area (Å²) in [4.78, 5) is 2.42. The summed E-state index contributed by atoms with van der Waals surface area (Å²) in [6.45, 7) is 7.46. The van der Waals surface area contributed by atoms with Gasteiger partial charge in [-0.25, -0.2) is 0 Å². The third kappa shape index (κ3) is 3.48. The van der Waals surface area contributed by atoms with Gasteiger partial charge in [0.1, 0.15) is 0 Å². The standard InChI is InChI=1S/C15H23ClN2O/c1-3-13-10-18(6-7-19-13)15(9-17)12-5-4-11(2)14(16)8-12/h4-5,8,13,15H,3,6-7,9-10,17H2,1-2H3. The van der Waals surface area contributed by atoms with Gasteiger partial charge < -0.3 is 10.5 Å². The fourth-order valence-electron chi connectivity index (χ4n) is 2.58. The lowest BCUT2D eigenvalue weighted by molar-refractivity contribution is -0.0437. The zero-order valence-electron chi connectivity index (χ0n) is 11.7. The topological polar surface area (TPSA) is 38.5 Å². The average molecular weight is 283 g/mol. The number of benzene rings is 1. The predicted octanol–water partition coefficient (Wildman–Crippen LogP) is 2.76. The van der Waals surface area contributed by atoms with Gasteiger partial charge in [0, 0.05) is 30.7 Å². The first-order valence-corrected chi connectivity index (χ1v) is 7.35. The van der Waals surface area contributed by atoms with Crippen LogP contribution in [-0.4, -0.2) is 37.2 Å². The first kappa shape index (κ1) is 14.8. The minimum absolute atomic E-state index is 0.232. The van der Waals surface area contributed by atoms with Gasteiger partial charge >= 0.3 is 0 Å². The van der Waals surface area contributed by atoms with Crippen LogP contribution >= 0.6 is 11.6 Å². The van der Waals surface area contributed by atoms with E-state index in [1.165, 1.54) is 5.56 Å². The van der Waals surface area contributed by atoms with E-state index in [0.717, 1.165) is 36.7 Å². The van der Waals surface area contributed by atoms with Crippen molar-refractivity contribution in [1.29, 1.82) is 0 Å². The van der Waals surface area contributed by atoms with Crippen molar-refractivity contribution in [2.24, 2.45) is 5.73 Å². The lowest BCUT2D eigenvalue weighted by Crippen LogP contribution is -2.46. The minimum atomic E-state index is 0.232. The van der Waals surface area contributed by atoms with Gasteiger partial charge in [0.05, 0.1) is 12.7 Å². The van der Waals surface area contributed by atoms with Crippen molar-refractivity contribution in [3.63, 3.8) is 0 Å². The molecule has 1 fully saturated rings. The Labute approximate surface area is 120 Å². The molecule has 2 N–H and O–H groups in total. The highest BCUT2D eigenvalue weighted by Gasteiger charge is 2.26. The smallest absolute Gasteiger partial charge is 0.0700 e. The Hall–Kier alpha value is -0.610. The van der Waals surface area contributed by atoms with Gasteiger partial charge in [0.2, 0.25) is 0 Å². The van der Waals surface area contributed by atoms with Crippen molar-refractivity contribution >= 4 is 11.6 Å². The summed E-state index contributed by atoms with van der Waals surface area (Å²) in [6.07, 6.45) is 1.37. The second kappa shape index (κ2) is 6.71. The van der Waals surface area contributed by atoms with Gasteiger partial charge in [-0.3, -0.25) is 4.90 Å². The minimum Gasteiger partial charge on any atom is -0.376 e. The largest absolute Gasteiger partial charge is 0.376 e. The zero-order valence-corrected chi connectivity index (χ0v) is 12.5. The van der Waals surface area contributed by atoms with Gasteiger partial charge in [-0.15, -0.1) is 0 Å². The van der Waals surface area contributed by atoms with Crippen LogP contribution in [0, 0.1) is 6.92 Å². The summed E-state index contributed by atoms with van der Waals surface area (Å²) in [5.41, 5.74) is 8.29. The fraction of sp³-hybridized carbons (Fsp3) is 0.600. The monoisotopic (exact) mass is 282 g/mol. The quantitative estimate of drug-likeness (QED) is 0.923. The molecule has 1 aromatic carbocycles. The summed E-state index contributed by atoms with van der Waals surface area (Å²) in [5, 5.41) is 0.816. The number of ether oxygens (including phenoxy) is 1. The maximum absolute atomic E-state index is 6.23. The molecule has 1 aliphatic heterocycles. The molecule has 19 heavy (non-hydrogen) atoms. The number of halogens is 1. The summed E-state index contributed by atoms with van der Waals surface area (Å²) < 4.78 is 5.72. The molecule has 0 bridgehead atoms. The zero-order chi connectivity index (χ0) is 13.8. The number of aryl methyl sites for hydroxylation is 1. The van der Waals surface area contributed by atoms with Crippen LogP contribution in [0.1, 0.15) is 30.5 Å². The van der Waals surface area contributed by atoms with E-state index in [1.807, 2.05) is 13.0 Å². The summed E-state index contributed by atoms with van der Waals surface area (Å²) in [7, 11) is 0. The van der Waals surface area contributed by atoms with Crippen molar-refractivity contribution in [2.75, 3.05) is 26.2 Å². The molecule has 106 valence electrons. The number of rotatable bonds is 4. The van der Waals surface area contributed by atoms with E-state index < -0.39 is 0 Å². The van der Waals surface area contributed by atoms with Crippen LogP contribution in [0.15, 0.2) is 18.2 Å². The van der Waals surface area contributed by atoms with Crippen LogP contribution in [0.25, 0.3) is 0 Å². The van der Waals surface area contributed by atoms with Crippen molar-refractivity contribution in [2.45, 2.75) is 32.4 Å². The highest BCUT2D eigenvalue weighted by Crippen LogP contribution is 2.26. The molecule has 0 saturated carbocycles. The first-order valence-electron chi connectivity index (χ1n) is 6.97. The highest BCUT2D eigenvalue weighted by molar-refractivity contribution is 6.31. The summed E-state index contributed by atoms with van der Waals surface area (Å²) in [6, 6.07) is 6.48. The summed E-state index contributed by atoms with van der Waals surface area (Å²) >= 11 is 6.23. The lowest BCUT2D eigenvalue weighted by Gasteiger charge is -2.38. The Bertz CT molecular complexity index is 425. The Morgan fingerprint density at radius 2 is 2.32 bits per heavy atom. The number of nitrogens with two attached hydrogens (primary N) is 1. The van der Waals surface area contributed by atoms with Gasteiger partial charge in [-0.05, 0) is 30.5 Å². The van der Waals surface area contributed by atoms with Crippen molar-refractivity contribution in [3.05, 3.63) is 34.3 Å². The Morgan fingerprint density at radius 3 is 2.95 bits per heavy atom. The van der Waals surface area contributed by atoms with Gasteiger partial charge in [-0.1, -0.05) is 30.7 Å². The Kier molecular flexibility index (Phi) is 5.22. The molecule has 3 nitrogen and oxygen atoms in total. The molecular weight excluding hydrogens is 260 g/mol. The average Bonchev–Trinajstić information content (AvgIpc) is 2.44. The second-order valence-electron chi connectivity index (χ2n) is 5.16. The molecule has 0 aromatic heterocycles. The molecule has 1 saturated heterocycles. The van der Waals surface area contributed by atoms with Crippen molar-refractivity contribution in [3.8, 4) is 0 Å². The molecule has 2 unspecified atom stereocenters. The van der Waals surface area contributed by atoms with Crippen LogP contribution in [0.5, 0.6) is 0 Å². The lowest BCUT2D eigenvalue weighted by atomic mass is 10.0. The maximum Gasteiger partial charge on any atom is 0.0700 e. The highest BCUT2D eigenvalue weighted by atomic mass is 35.5.